The number of methoxy groups -OCH3 is 2. The summed E-state index contributed by atoms with van der Waals surface area (Å²) in [5, 5.41) is 15.2. The average Bonchev–Trinajstić information content (AvgIpc) is 3.46. The standard InChI is InChI=1S/C37H71N7O8.CH4/c1-36(2,3)39-17-12-22-50-26-28-52-27-25-49-21-11-16-38-32(45)13-10-14-33(46)43-18-15-30-34(35(48-9)31(29-43)47-8)40-41-44(30)20-24-51-23-19-42(7)37(4,5)6;/h31,35,39H,10-29H2,1-9H3,(H,38,45);1H4/t31-,35+;/m0./s1. The molecule has 1 aromatic rings. The monoisotopic (exact) mass is 758 g/mol. The second kappa shape index (κ2) is 26.5. The van der Waals surface area contributed by atoms with Gasteiger partial charge in [-0.3, -0.25) is 14.5 Å². The lowest BCUT2D eigenvalue weighted by atomic mass is 10.0. The van der Waals surface area contributed by atoms with E-state index in [0.29, 0.717) is 98.3 Å². The van der Waals surface area contributed by atoms with Crippen LogP contribution in [0.2, 0.25) is 0 Å². The van der Waals surface area contributed by atoms with Crippen molar-refractivity contribution in [2.75, 3.05) is 107 Å². The fraction of sp³-hybridized carbons (Fsp3) is 0.895. The summed E-state index contributed by atoms with van der Waals surface area (Å²) in [5.74, 6) is -0.0897. The predicted molar refractivity (Wildman–Crippen MR) is 207 cm³/mol. The Balaban J connectivity index is 0.0000140. The van der Waals surface area contributed by atoms with E-state index in [1.807, 2.05) is 4.68 Å². The highest BCUT2D eigenvalue weighted by atomic mass is 16.5. The van der Waals surface area contributed by atoms with Crippen molar-refractivity contribution in [3.05, 3.63) is 11.4 Å². The molecule has 2 atom stereocenters. The lowest BCUT2D eigenvalue weighted by Gasteiger charge is -2.33. The quantitative estimate of drug-likeness (QED) is 0.134. The molecule has 2 rings (SSSR count). The Labute approximate surface area is 320 Å². The molecule has 53 heavy (non-hydrogen) atoms. The Morgan fingerprint density at radius 1 is 0.830 bits per heavy atom. The van der Waals surface area contributed by atoms with Gasteiger partial charge < -0.3 is 44.0 Å². The first-order valence-electron chi connectivity index (χ1n) is 19.1. The number of amides is 2. The lowest BCUT2D eigenvalue weighted by molar-refractivity contribution is -0.135. The second-order valence-corrected chi connectivity index (χ2v) is 15.3. The van der Waals surface area contributed by atoms with Crippen LogP contribution in [0.5, 0.6) is 0 Å². The number of carbonyl (C=O) groups excluding carboxylic acids is 2. The number of nitrogens with one attached hydrogen (secondary N) is 2. The Bertz CT molecular complexity index is 1120. The summed E-state index contributed by atoms with van der Waals surface area (Å²) in [6.45, 7) is 21.2. The summed E-state index contributed by atoms with van der Waals surface area (Å²) in [6, 6.07) is 0. The van der Waals surface area contributed by atoms with Crippen LogP contribution in [-0.2, 0) is 51.0 Å². The molecule has 0 radical (unpaired) electrons. The van der Waals surface area contributed by atoms with Gasteiger partial charge in [-0.05, 0) is 74.4 Å². The Morgan fingerprint density at radius 2 is 1.45 bits per heavy atom. The number of fused-ring (bicyclic) bond motifs is 1. The van der Waals surface area contributed by atoms with Crippen molar-refractivity contribution in [3.8, 4) is 0 Å². The summed E-state index contributed by atoms with van der Waals surface area (Å²) in [7, 11) is 5.32. The van der Waals surface area contributed by atoms with E-state index in [1.165, 1.54) is 0 Å². The number of rotatable bonds is 26. The van der Waals surface area contributed by atoms with E-state index >= 15 is 0 Å². The van der Waals surface area contributed by atoms with Gasteiger partial charge in [0.1, 0.15) is 17.9 Å². The molecule has 2 heterocycles. The largest absolute Gasteiger partial charge is 0.379 e. The summed E-state index contributed by atoms with van der Waals surface area (Å²) in [4.78, 5) is 29.8. The van der Waals surface area contributed by atoms with Crippen LogP contribution in [0.4, 0.5) is 0 Å². The number of aromatic nitrogens is 3. The summed E-state index contributed by atoms with van der Waals surface area (Å²) >= 11 is 0. The van der Waals surface area contributed by atoms with Crippen molar-refractivity contribution in [1.29, 1.82) is 0 Å². The number of hydrogen-bond donors (Lipinski definition) is 2. The maximum atomic E-state index is 13.3. The first-order valence-corrected chi connectivity index (χ1v) is 19.1. The van der Waals surface area contributed by atoms with Crippen LogP contribution in [0.3, 0.4) is 0 Å². The van der Waals surface area contributed by atoms with Gasteiger partial charge in [-0.25, -0.2) is 4.68 Å². The zero-order chi connectivity index (χ0) is 38.4. The van der Waals surface area contributed by atoms with Crippen LogP contribution in [0.1, 0.15) is 98.6 Å². The van der Waals surface area contributed by atoms with Crippen molar-refractivity contribution in [3.63, 3.8) is 0 Å². The minimum atomic E-state index is -0.469. The first kappa shape index (κ1) is 48.8. The normalized spacial score (nSPS) is 16.6. The number of nitrogens with zero attached hydrogens (tertiary/aromatic N) is 5. The van der Waals surface area contributed by atoms with Gasteiger partial charge in [-0.15, -0.1) is 5.10 Å². The van der Waals surface area contributed by atoms with Crippen molar-refractivity contribution in [2.24, 2.45) is 0 Å². The molecule has 0 unspecified atom stereocenters. The maximum absolute atomic E-state index is 13.3. The molecular formula is C38H75N7O8. The van der Waals surface area contributed by atoms with Crippen LogP contribution >= 0.6 is 0 Å². The third-order valence-corrected chi connectivity index (χ3v) is 9.01. The summed E-state index contributed by atoms with van der Waals surface area (Å²) < 4.78 is 36.1. The van der Waals surface area contributed by atoms with Crippen molar-refractivity contribution in [1.82, 2.24) is 35.4 Å². The smallest absolute Gasteiger partial charge is 0.222 e. The van der Waals surface area contributed by atoms with E-state index in [4.69, 9.17) is 28.4 Å². The fourth-order valence-corrected chi connectivity index (χ4v) is 5.53. The van der Waals surface area contributed by atoms with Gasteiger partial charge in [0.05, 0.1) is 51.9 Å². The molecule has 1 aliphatic heterocycles. The van der Waals surface area contributed by atoms with E-state index < -0.39 is 12.2 Å². The molecule has 0 saturated heterocycles. The predicted octanol–water partition coefficient (Wildman–Crippen LogP) is 3.25. The SMILES string of the molecule is C.CO[C@H]1CN(C(=O)CCCC(=O)NCCCOCCOCCOCCCNC(C)(C)C)CCc2c(nnn2CCOCCN(C)C(C)(C)C)[C@@H]1OC. The maximum Gasteiger partial charge on any atom is 0.222 e. The Morgan fingerprint density at radius 3 is 2.06 bits per heavy atom. The highest BCUT2D eigenvalue weighted by Gasteiger charge is 2.34. The zero-order valence-electron chi connectivity index (χ0n) is 33.8. The van der Waals surface area contributed by atoms with Gasteiger partial charge in [0, 0.05) is 84.0 Å². The van der Waals surface area contributed by atoms with E-state index in [9.17, 15) is 9.59 Å². The van der Waals surface area contributed by atoms with Crippen molar-refractivity contribution >= 4 is 11.8 Å². The fourth-order valence-electron chi connectivity index (χ4n) is 5.53. The number of carbonyl (C=O) groups is 2. The number of likely N-dealkylation sites (N-methyl/N-ethyl adjacent to an activating group) is 1. The van der Waals surface area contributed by atoms with Crippen LogP contribution in [0.25, 0.3) is 0 Å². The molecule has 0 bridgehead atoms. The van der Waals surface area contributed by atoms with Crippen LogP contribution in [0, 0.1) is 0 Å². The minimum Gasteiger partial charge on any atom is -0.379 e. The second-order valence-electron chi connectivity index (χ2n) is 15.3. The van der Waals surface area contributed by atoms with Gasteiger partial charge >= 0.3 is 0 Å². The van der Waals surface area contributed by atoms with Gasteiger partial charge in [0.15, 0.2) is 0 Å². The van der Waals surface area contributed by atoms with Gasteiger partial charge in [0.2, 0.25) is 11.8 Å². The third kappa shape index (κ3) is 20.3. The molecule has 0 fully saturated rings. The molecule has 0 aliphatic carbocycles. The van der Waals surface area contributed by atoms with Crippen molar-refractivity contribution in [2.45, 2.75) is 117 Å². The molecular weight excluding hydrogens is 682 g/mol. The van der Waals surface area contributed by atoms with E-state index in [2.05, 4.69) is 74.4 Å². The summed E-state index contributed by atoms with van der Waals surface area (Å²) in [6.07, 6.45) is 2.39. The third-order valence-electron chi connectivity index (χ3n) is 9.01. The van der Waals surface area contributed by atoms with Gasteiger partial charge in [-0.2, -0.15) is 0 Å². The highest BCUT2D eigenvalue weighted by molar-refractivity contribution is 5.79. The molecule has 0 spiro atoms. The molecule has 0 aromatic carbocycles. The average molecular weight is 758 g/mol. The van der Waals surface area contributed by atoms with Crippen LogP contribution < -0.4 is 10.6 Å². The van der Waals surface area contributed by atoms with Crippen LogP contribution in [0.15, 0.2) is 0 Å². The van der Waals surface area contributed by atoms with E-state index in [0.717, 1.165) is 30.9 Å². The molecule has 310 valence electrons. The molecule has 15 heteroatoms. The molecule has 15 nitrogen and oxygen atoms in total. The molecule has 1 aliphatic rings. The van der Waals surface area contributed by atoms with Crippen molar-refractivity contribution < 1.29 is 38.0 Å². The first-order chi connectivity index (χ1) is 24.8. The van der Waals surface area contributed by atoms with E-state index in [-0.39, 0.29) is 43.2 Å². The topological polar surface area (TPSA) is 151 Å². The Hall–Kier alpha value is -2.24. The van der Waals surface area contributed by atoms with Crippen LogP contribution in [-0.4, -0.2) is 161 Å². The van der Waals surface area contributed by atoms with E-state index in [1.54, 1.807) is 19.1 Å². The molecule has 2 amide bonds. The molecule has 0 saturated carbocycles. The Kier molecular flexibility index (Phi) is 24.4. The van der Waals surface area contributed by atoms with Gasteiger partial charge in [-0.1, -0.05) is 12.6 Å². The minimum absolute atomic E-state index is 0. The lowest BCUT2D eigenvalue weighted by Crippen LogP contribution is -2.44. The molecule has 2 N–H and O–H groups in total. The zero-order valence-corrected chi connectivity index (χ0v) is 33.8. The number of hydrogen-bond acceptors (Lipinski definition) is 12. The highest BCUT2D eigenvalue weighted by Crippen LogP contribution is 2.28. The molecule has 1 aromatic heterocycles. The van der Waals surface area contributed by atoms with Gasteiger partial charge in [0.25, 0.3) is 0 Å². The summed E-state index contributed by atoms with van der Waals surface area (Å²) in [5.41, 5.74) is 1.87. The number of ether oxygens (including phenoxy) is 6.